The lowest BCUT2D eigenvalue weighted by Gasteiger charge is -2.32. The highest BCUT2D eigenvalue weighted by Crippen LogP contribution is 2.63. The van der Waals surface area contributed by atoms with Crippen LogP contribution < -0.4 is 4.90 Å². The average Bonchev–Trinajstić information content (AvgIpc) is 3.89. The molecule has 1 spiro atoms. The van der Waals surface area contributed by atoms with Gasteiger partial charge in [-0.3, -0.25) is 0 Å². The fraction of sp³-hybridized carbons (Fsp3) is 0.0149. The summed E-state index contributed by atoms with van der Waals surface area (Å²) < 4.78 is 0. The summed E-state index contributed by atoms with van der Waals surface area (Å²) in [7, 11) is 0. The fourth-order valence-electron chi connectivity index (χ4n) is 11.5. The summed E-state index contributed by atoms with van der Waals surface area (Å²) in [5.74, 6) is 0. The summed E-state index contributed by atoms with van der Waals surface area (Å²) >= 11 is 0. The van der Waals surface area contributed by atoms with E-state index in [-0.39, 0.29) is 0 Å². The highest BCUT2D eigenvalue weighted by atomic mass is 15.1. The van der Waals surface area contributed by atoms with E-state index in [4.69, 9.17) is 0 Å². The molecule has 0 fully saturated rings. The van der Waals surface area contributed by atoms with E-state index in [1.807, 2.05) is 0 Å². The summed E-state index contributed by atoms with van der Waals surface area (Å²) in [4.78, 5) is 2.51. The third-order valence-corrected chi connectivity index (χ3v) is 14.4. The molecule has 1 heteroatoms. The van der Waals surface area contributed by atoms with Gasteiger partial charge in [0.15, 0.2) is 0 Å². The van der Waals surface area contributed by atoms with Crippen molar-refractivity contribution < 1.29 is 0 Å². The van der Waals surface area contributed by atoms with E-state index < -0.39 is 5.41 Å². The van der Waals surface area contributed by atoms with E-state index >= 15 is 0 Å². The number of hydrogen-bond acceptors (Lipinski definition) is 1. The van der Waals surface area contributed by atoms with Crippen LogP contribution in [0.25, 0.3) is 77.9 Å². The van der Waals surface area contributed by atoms with Crippen LogP contribution in [0, 0.1) is 0 Å². The highest BCUT2D eigenvalue weighted by molar-refractivity contribution is 6.01. The monoisotopic (exact) mass is 863 g/mol. The summed E-state index contributed by atoms with van der Waals surface area (Å²) in [6.07, 6.45) is 0. The molecule has 11 aromatic rings. The van der Waals surface area contributed by atoms with Crippen molar-refractivity contribution in [3.63, 3.8) is 0 Å². The van der Waals surface area contributed by atoms with Crippen LogP contribution in [0.4, 0.5) is 17.1 Å². The number of fused-ring (bicyclic) bond motifs is 10. The zero-order valence-electron chi connectivity index (χ0n) is 37.4. The molecule has 0 aliphatic heterocycles. The molecule has 0 unspecified atom stereocenters. The molecule has 2 aliphatic carbocycles. The van der Waals surface area contributed by atoms with Crippen molar-refractivity contribution in [1.82, 2.24) is 0 Å². The second-order valence-corrected chi connectivity index (χ2v) is 17.9. The normalized spacial score (nSPS) is 12.5. The van der Waals surface area contributed by atoms with E-state index in [1.165, 1.54) is 83.5 Å². The van der Waals surface area contributed by atoms with E-state index in [9.17, 15) is 0 Å². The van der Waals surface area contributed by atoms with Gasteiger partial charge in [0.1, 0.15) is 0 Å². The van der Waals surface area contributed by atoms with Crippen LogP contribution in [0.5, 0.6) is 0 Å². The van der Waals surface area contributed by atoms with Crippen molar-refractivity contribution in [1.29, 1.82) is 0 Å². The zero-order chi connectivity index (χ0) is 45.0. The van der Waals surface area contributed by atoms with Crippen molar-refractivity contribution in [3.05, 3.63) is 295 Å². The maximum Gasteiger partial charge on any atom is 0.0725 e. The molecule has 0 saturated heterocycles. The van der Waals surface area contributed by atoms with Gasteiger partial charge >= 0.3 is 0 Å². The Morgan fingerprint density at radius 2 is 0.544 bits per heavy atom. The molecule has 1 nitrogen and oxygen atoms in total. The second-order valence-electron chi connectivity index (χ2n) is 17.9. The smallest absolute Gasteiger partial charge is 0.0725 e. The average molecular weight is 864 g/mol. The second kappa shape index (κ2) is 16.3. The zero-order valence-corrected chi connectivity index (χ0v) is 37.4. The Bertz CT molecular complexity index is 3630. The van der Waals surface area contributed by atoms with Gasteiger partial charge in [-0.05, 0) is 113 Å². The van der Waals surface area contributed by atoms with Gasteiger partial charge in [-0.25, -0.2) is 0 Å². The standard InChI is InChI=1S/C67H45N/c1-3-21-46(22-4-1)47-39-41-49(42-40-47)52-26-14-19-37-65(52)68(66-38-20-15-33-59(66)55-29-10-9-28-54(55)53-27-8-7-25-51(53)48-23-5-2-6-24-48)50-43-44-64-60(45-50)58-32-13-18-36-63(58)67(64)61-34-16-11-30-56(61)57-31-12-17-35-62(57)67/h1-45H. The minimum atomic E-state index is -0.427. The van der Waals surface area contributed by atoms with Crippen molar-refractivity contribution in [2.24, 2.45) is 0 Å². The Labute approximate surface area is 398 Å². The van der Waals surface area contributed by atoms with Gasteiger partial charge in [-0.2, -0.15) is 0 Å². The summed E-state index contributed by atoms with van der Waals surface area (Å²) in [6.45, 7) is 0. The topological polar surface area (TPSA) is 3.24 Å². The minimum absolute atomic E-state index is 0.427. The largest absolute Gasteiger partial charge is 0.309 e. The Hall–Kier alpha value is -8.78. The van der Waals surface area contributed by atoms with Crippen LogP contribution in [0.3, 0.4) is 0 Å². The molecule has 0 heterocycles. The summed E-state index contributed by atoms with van der Waals surface area (Å²) in [5, 5.41) is 0. The van der Waals surface area contributed by atoms with Gasteiger partial charge in [0, 0.05) is 16.8 Å². The summed E-state index contributed by atoms with van der Waals surface area (Å²) in [5.41, 5.74) is 25.2. The van der Waals surface area contributed by atoms with E-state index in [0.29, 0.717) is 0 Å². The number of hydrogen-bond donors (Lipinski definition) is 0. The molecule has 0 amide bonds. The molecule has 0 saturated carbocycles. The lowest BCUT2D eigenvalue weighted by molar-refractivity contribution is 0.794. The molecular formula is C67H45N. The lowest BCUT2D eigenvalue weighted by atomic mass is 9.70. The van der Waals surface area contributed by atoms with Gasteiger partial charge in [0.2, 0.25) is 0 Å². The number of nitrogens with zero attached hydrogens (tertiary/aromatic N) is 1. The SMILES string of the molecule is c1ccc(-c2ccc(-c3ccccc3N(c3ccc4c(c3)-c3ccccc3C43c4ccccc4-c4ccccc43)c3ccccc3-c3ccccc3-c3ccccc3-c3ccccc3)cc2)cc1. The minimum Gasteiger partial charge on any atom is -0.309 e. The van der Waals surface area contributed by atoms with Gasteiger partial charge < -0.3 is 4.90 Å². The van der Waals surface area contributed by atoms with Gasteiger partial charge in [-0.15, -0.1) is 0 Å². The van der Waals surface area contributed by atoms with Gasteiger partial charge in [-0.1, -0.05) is 249 Å². The molecule has 0 aromatic heterocycles. The Balaban J connectivity index is 1.05. The number of para-hydroxylation sites is 2. The molecule has 68 heavy (non-hydrogen) atoms. The van der Waals surface area contributed by atoms with Crippen LogP contribution in [-0.4, -0.2) is 0 Å². The molecule has 0 atom stereocenters. The Morgan fingerprint density at radius 1 is 0.206 bits per heavy atom. The third-order valence-electron chi connectivity index (χ3n) is 14.4. The Kier molecular flexibility index (Phi) is 9.47. The van der Waals surface area contributed by atoms with Crippen molar-refractivity contribution in [2.75, 3.05) is 4.90 Å². The van der Waals surface area contributed by atoms with E-state index in [0.717, 1.165) is 33.8 Å². The molecule has 0 radical (unpaired) electrons. The van der Waals surface area contributed by atoms with E-state index in [2.05, 4.69) is 278 Å². The summed E-state index contributed by atoms with van der Waals surface area (Å²) in [6, 6.07) is 101. The first-order chi connectivity index (χ1) is 33.8. The maximum absolute atomic E-state index is 2.51. The number of rotatable bonds is 8. The van der Waals surface area contributed by atoms with Gasteiger partial charge in [0.25, 0.3) is 0 Å². The first-order valence-electron chi connectivity index (χ1n) is 23.6. The van der Waals surface area contributed by atoms with Crippen LogP contribution in [-0.2, 0) is 5.41 Å². The predicted molar refractivity (Wildman–Crippen MR) is 285 cm³/mol. The highest BCUT2D eigenvalue weighted by Gasteiger charge is 2.51. The van der Waals surface area contributed by atoms with Crippen molar-refractivity contribution in [3.8, 4) is 77.9 Å². The molecule has 11 aromatic carbocycles. The van der Waals surface area contributed by atoms with E-state index in [1.54, 1.807) is 0 Å². The molecule has 0 N–H and O–H groups in total. The van der Waals surface area contributed by atoms with Crippen LogP contribution in [0.1, 0.15) is 22.3 Å². The van der Waals surface area contributed by atoms with Crippen molar-refractivity contribution >= 4 is 17.1 Å². The lowest BCUT2D eigenvalue weighted by Crippen LogP contribution is -2.25. The van der Waals surface area contributed by atoms with Crippen LogP contribution >= 0.6 is 0 Å². The van der Waals surface area contributed by atoms with Gasteiger partial charge in [0.05, 0.1) is 16.8 Å². The fourth-order valence-corrected chi connectivity index (χ4v) is 11.5. The number of anilines is 3. The quantitative estimate of drug-likeness (QED) is 0.147. The third kappa shape index (κ3) is 6.17. The van der Waals surface area contributed by atoms with Crippen LogP contribution in [0.15, 0.2) is 273 Å². The first kappa shape index (κ1) is 39.6. The van der Waals surface area contributed by atoms with Crippen molar-refractivity contribution in [2.45, 2.75) is 5.41 Å². The molecule has 2 aliphatic rings. The molecule has 13 rings (SSSR count). The van der Waals surface area contributed by atoms with Crippen LogP contribution in [0.2, 0.25) is 0 Å². The molecular weight excluding hydrogens is 819 g/mol. The maximum atomic E-state index is 2.51. The first-order valence-corrected chi connectivity index (χ1v) is 23.6. The molecule has 318 valence electrons. The molecule has 0 bridgehead atoms. The number of benzene rings is 11. The predicted octanol–water partition coefficient (Wildman–Crippen LogP) is 17.8. The Morgan fingerprint density at radius 3 is 1.12 bits per heavy atom.